The van der Waals surface area contributed by atoms with E-state index < -0.39 is 0 Å². The normalized spacial score (nSPS) is 18.2. The van der Waals surface area contributed by atoms with E-state index in [4.69, 9.17) is 5.73 Å². The molecule has 1 aliphatic heterocycles. The Labute approximate surface area is 107 Å². The first-order valence-electron chi connectivity index (χ1n) is 6.45. The van der Waals surface area contributed by atoms with Gasteiger partial charge in [0.25, 0.3) is 0 Å². The van der Waals surface area contributed by atoms with Gasteiger partial charge in [-0.05, 0) is 30.5 Å². The molecule has 4 heteroatoms. The lowest BCUT2D eigenvalue weighted by molar-refractivity contribution is 0.481. The molecule has 0 aliphatic carbocycles. The molecule has 0 spiro atoms. The zero-order chi connectivity index (χ0) is 12.5. The molecule has 4 nitrogen and oxygen atoms in total. The van der Waals surface area contributed by atoms with Gasteiger partial charge in [0, 0.05) is 17.8 Å². The van der Waals surface area contributed by atoms with E-state index in [0.717, 1.165) is 25.1 Å². The smallest absolute Gasteiger partial charge is 0.128 e. The van der Waals surface area contributed by atoms with Gasteiger partial charge < -0.3 is 11.1 Å². The van der Waals surface area contributed by atoms with Gasteiger partial charge in [-0.1, -0.05) is 19.1 Å². The van der Waals surface area contributed by atoms with Crippen molar-refractivity contribution < 1.29 is 0 Å². The average molecular weight is 242 g/mol. The molecule has 0 bridgehead atoms. The van der Waals surface area contributed by atoms with Crippen molar-refractivity contribution in [2.75, 3.05) is 17.6 Å². The minimum atomic E-state index is 0.321. The van der Waals surface area contributed by atoms with E-state index in [1.807, 2.05) is 18.3 Å². The maximum Gasteiger partial charge on any atom is 0.128 e. The summed E-state index contributed by atoms with van der Waals surface area (Å²) < 4.78 is 2.11. The second-order valence-corrected chi connectivity index (χ2v) is 4.71. The Morgan fingerprint density at radius 3 is 2.89 bits per heavy atom. The van der Waals surface area contributed by atoms with Crippen LogP contribution in [-0.2, 0) is 6.42 Å². The number of rotatable bonds is 2. The first-order chi connectivity index (χ1) is 8.79. The highest BCUT2D eigenvalue weighted by Gasteiger charge is 2.23. The standard InChI is InChI=1S/C14H18N4/c1-2-10-9-17-18-13(7-8-16-14(10)18)11-3-5-12(15)6-4-11/h3-6,9,13,16H,2,7-8,15H2,1H3. The third-order valence-corrected chi connectivity index (χ3v) is 3.58. The van der Waals surface area contributed by atoms with Gasteiger partial charge in [0.1, 0.15) is 5.82 Å². The van der Waals surface area contributed by atoms with Gasteiger partial charge in [-0.3, -0.25) is 0 Å². The molecule has 18 heavy (non-hydrogen) atoms. The van der Waals surface area contributed by atoms with Crippen LogP contribution in [0.2, 0.25) is 0 Å². The topological polar surface area (TPSA) is 55.9 Å². The molecular formula is C14H18N4. The quantitative estimate of drug-likeness (QED) is 0.795. The number of aromatic nitrogens is 2. The molecule has 2 aromatic rings. The van der Waals surface area contributed by atoms with Crippen LogP contribution in [0.1, 0.15) is 30.5 Å². The Balaban J connectivity index is 2.00. The van der Waals surface area contributed by atoms with Crippen LogP contribution in [0.25, 0.3) is 0 Å². The summed E-state index contributed by atoms with van der Waals surface area (Å²) in [4.78, 5) is 0. The van der Waals surface area contributed by atoms with Crippen molar-refractivity contribution in [3.8, 4) is 0 Å². The van der Waals surface area contributed by atoms with Crippen LogP contribution in [0.3, 0.4) is 0 Å². The van der Waals surface area contributed by atoms with Crippen molar-refractivity contribution in [1.29, 1.82) is 0 Å². The number of fused-ring (bicyclic) bond motifs is 1. The van der Waals surface area contributed by atoms with Crippen LogP contribution in [0.15, 0.2) is 30.5 Å². The number of aryl methyl sites for hydroxylation is 1. The van der Waals surface area contributed by atoms with Crippen molar-refractivity contribution in [2.24, 2.45) is 0 Å². The highest BCUT2D eigenvalue weighted by atomic mass is 15.4. The van der Waals surface area contributed by atoms with E-state index in [9.17, 15) is 0 Å². The highest BCUT2D eigenvalue weighted by Crippen LogP contribution is 2.31. The van der Waals surface area contributed by atoms with Crippen molar-refractivity contribution in [3.63, 3.8) is 0 Å². The second-order valence-electron chi connectivity index (χ2n) is 4.71. The number of anilines is 2. The number of nitrogens with one attached hydrogen (secondary N) is 1. The van der Waals surface area contributed by atoms with E-state index in [0.29, 0.717) is 6.04 Å². The molecule has 0 fully saturated rings. The van der Waals surface area contributed by atoms with Gasteiger partial charge >= 0.3 is 0 Å². The molecule has 0 saturated carbocycles. The Hall–Kier alpha value is -1.97. The Morgan fingerprint density at radius 1 is 1.39 bits per heavy atom. The Morgan fingerprint density at radius 2 is 2.17 bits per heavy atom. The summed E-state index contributed by atoms with van der Waals surface area (Å²) in [7, 11) is 0. The number of nitrogens with two attached hydrogens (primary N) is 1. The minimum Gasteiger partial charge on any atom is -0.399 e. The molecule has 1 aliphatic rings. The highest BCUT2D eigenvalue weighted by molar-refractivity contribution is 5.48. The molecular weight excluding hydrogens is 224 g/mol. The summed E-state index contributed by atoms with van der Waals surface area (Å²) in [5, 5.41) is 7.98. The summed E-state index contributed by atoms with van der Waals surface area (Å²) >= 11 is 0. The van der Waals surface area contributed by atoms with Gasteiger partial charge in [-0.25, -0.2) is 4.68 Å². The maximum absolute atomic E-state index is 5.74. The fraction of sp³-hybridized carbons (Fsp3) is 0.357. The SMILES string of the molecule is CCc1cnn2c1NCCC2c1ccc(N)cc1. The van der Waals surface area contributed by atoms with Crippen LogP contribution < -0.4 is 11.1 Å². The monoisotopic (exact) mass is 242 g/mol. The van der Waals surface area contributed by atoms with Crippen LogP contribution >= 0.6 is 0 Å². The molecule has 3 rings (SSSR count). The molecule has 1 aromatic heterocycles. The molecule has 1 aromatic carbocycles. The van der Waals surface area contributed by atoms with Gasteiger partial charge in [-0.2, -0.15) is 5.10 Å². The predicted molar refractivity (Wildman–Crippen MR) is 73.7 cm³/mol. The van der Waals surface area contributed by atoms with E-state index in [2.05, 4.69) is 34.2 Å². The minimum absolute atomic E-state index is 0.321. The van der Waals surface area contributed by atoms with Gasteiger partial charge in [0.05, 0.1) is 12.2 Å². The van der Waals surface area contributed by atoms with Crippen LogP contribution in [0.5, 0.6) is 0 Å². The zero-order valence-corrected chi connectivity index (χ0v) is 10.6. The summed E-state index contributed by atoms with van der Waals surface area (Å²) in [6.07, 6.45) is 4.04. The molecule has 0 radical (unpaired) electrons. The first kappa shape index (κ1) is 11.1. The van der Waals surface area contributed by atoms with Crippen LogP contribution in [-0.4, -0.2) is 16.3 Å². The van der Waals surface area contributed by atoms with Crippen molar-refractivity contribution >= 4 is 11.5 Å². The molecule has 0 amide bonds. The lowest BCUT2D eigenvalue weighted by atomic mass is 10.0. The largest absolute Gasteiger partial charge is 0.399 e. The van der Waals surface area contributed by atoms with Crippen molar-refractivity contribution in [1.82, 2.24) is 9.78 Å². The molecule has 1 unspecified atom stereocenters. The number of nitrogens with zero attached hydrogens (tertiary/aromatic N) is 2. The summed E-state index contributed by atoms with van der Waals surface area (Å²) in [6, 6.07) is 8.44. The van der Waals surface area contributed by atoms with Gasteiger partial charge in [0.2, 0.25) is 0 Å². The fourth-order valence-electron chi connectivity index (χ4n) is 2.56. The third-order valence-electron chi connectivity index (χ3n) is 3.58. The van der Waals surface area contributed by atoms with Gasteiger partial charge in [0.15, 0.2) is 0 Å². The molecule has 94 valence electrons. The Kier molecular flexibility index (Phi) is 2.70. The average Bonchev–Trinajstić information content (AvgIpc) is 2.82. The number of benzene rings is 1. The van der Waals surface area contributed by atoms with E-state index in [1.165, 1.54) is 16.9 Å². The third kappa shape index (κ3) is 1.74. The van der Waals surface area contributed by atoms with E-state index in [1.54, 1.807) is 0 Å². The summed E-state index contributed by atoms with van der Waals surface area (Å²) in [6.45, 7) is 3.15. The van der Waals surface area contributed by atoms with E-state index >= 15 is 0 Å². The van der Waals surface area contributed by atoms with Crippen molar-refractivity contribution in [3.05, 3.63) is 41.6 Å². The van der Waals surface area contributed by atoms with Crippen LogP contribution in [0.4, 0.5) is 11.5 Å². The van der Waals surface area contributed by atoms with E-state index in [-0.39, 0.29) is 0 Å². The molecule has 1 atom stereocenters. The zero-order valence-electron chi connectivity index (χ0n) is 10.6. The van der Waals surface area contributed by atoms with Crippen molar-refractivity contribution in [2.45, 2.75) is 25.8 Å². The number of hydrogen-bond donors (Lipinski definition) is 2. The number of hydrogen-bond acceptors (Lipinski definition) is 3. The summed E-state index contributed by atoms with van der Waals surface area (Å²) in [5.74, 6) is 1.17. The lowest BCUT2D eigenvalue weighted by Crippen LogP contribution is -2.24. The van der Waals surface area contributed by atoms with Gasteiger partial charge in [-0.15, -0.1) is 0 Å². The molecule has 0 saturated heterocycles. The fourth-order valence-corrected chi connectivity index (χ4v) is 2.56. The Bertz CT molecular complexity index is 541. The molecule has 2 heterocycles. The summed E-state index contributed by atoms with van der Waals surface area (Å²) in [5.41, 5.74) is 9.11. The first-order valence-corrected chi connectivity index (χ1v) is 6.45. The predicted octanol–water partition coefficient (Wildman–Crippen LogP) is 2.43. The van der Waals surface area contributed by atoms with Crippen LogP contribution in [0, 0.1) is 0 Å². The maximum atomic E-state index is 5.74. The number of nitrogen functional groups attached to an aromatic ring is 1. The molecule has 3 N–H and O–H groups in total. The second kappa shape index (κ2) is 4.37. The lowest BCUT2D eigenvalue weighted by Gasteiger charge is -2.26.